The highest BCUT2D eigenvalue weighted by molar-refractivity contribution is 5.87. The van der Waals surface area contributed by atoms with E-state index < -0.39 is 0 Å². The lowest BCUT2D eigenvalue weighted by atomic mass is 10.0. The second kappa shape index (κ2) is 7.64. The SMILES string of the molecule is CN(C)Cc1[nH]nc2ccc(-c3ccccc3OCc3ccccc3)cc12. The van der Waals surface area contributed by atoms with Crippen molar-refractivity contribution in [2.75, 3.05) is 14.1 Å². The van der Waals surface area contributed by atoms with Gasteiger partial charge in [0.05, 0.1) is 11.2 Å². The second-order valence-electron chi connectivity index (χ2n) is 6.94. The molecule has 0 aliphatic rings. The lowest BCUT2D eigenvalue weighted by Crippen LogP contribution is -2.11. The standard InChI is InChI=1S/C23H23N3O/c1-26(2)15-22-20-14-18(12-13-21(20)24-25-22)19-10-6-7-11-23(19)27-16-17-8-4-3-5-9-17/h3-14H,15-16H2,1-2H3,(H,24,25). The first-order chi connectivity index (χ1) is 13.2. The van der Waals surface area contributed by atoms with Gasteiger partial charge in [0, 0.05) is 17.5 Å². The molecule has 27 heavy (non-hydrogen) atoms. The molecule has 4 heteroatoms. The van der Waals surface area contributed by atoms with Gasteiger partial charge in [0.15, 0.2) is 0 Å². The summed E-state index contributed by atoms with van der Waals surface area (Å²) in [6, 6.07) is 24.8. The lowest BCUT2D eigenvalue weighted by Gasteiger charge is -2.12. The molecule has 0 radical (unpaired) electrons. The molecule has 0 amide bonds. The van der Waals surface area contributed by atoms with Crippen molar-refractivity contribution in [2.45, 2.75) is 13.2 Å². The fourth-order valence-electron chi connectivity index (χ4n) is 3.23. The molecule has 1 heterocycles. The van der Waals surface area contributed by atoms with E-state index in [1.165, 1.54) is 0 Å². The number of H-pyrrole nitrogens is 1. The van der Waals surface area contributed by atoms with Gasteiger partial charge < -0.3 is 9.64 Å². The Bertz CT molecular complexity index is 1040. The zero-order valence-electron chi connectivity index (χ0n) is 15.6. The van der Waals surface area contributed by atoms with Crippen molar-refractivity contribution in [2.24, 2.45) is 0 Å². The first-order valence-electron chi connectivity index (χ1n) is 9.08. The lowest BCUT2D eigenvalue weighted by molar-refractivity contribution is 0.307. The van der Waals surface area contributed by atoms with E-state index >= 15 is 0 Å². The van der Waals surface area contributed by atoms with Gasteiger partial charge in [-0.05, 0) is 43.4 Å². The predicted octanol–water partition coefficient (Wildman–Crippen LogP) is 4.87. The van der Waals surface area contributed by atoms with Crippen molar-refractivity contribution < 1.29 is 4.74 Å². The summed E-state index contributed by atoms with van der Waals surface area (Å²) >= 11 is 0. The topological polar surface area (TPSA) is 41.2 Å². The van der Waals surface area contributed by atoms with Crippen LogP contribution in [0.2, 0.25) is 0 Å². The van der Waals surface area contributed by atoms with Crippen LogP contribution in [-0.2, 0) is 13.2 Å². The highest BCUT2D eigenvalue weighted by atomic mass is 16.5. The Morgan fingerprint density at radius 2 is 1.70 bits per heavy atom. The Labute approximate surface area is 159 Å². The molecule has 0 atom stereocenters. The summed E-state index contributed by atoms with van der Waals surface area (Å²) < 4.78 is 6.13. The van der Waals surface area contributed by atoms with Crippen LogP contribution in [0.1, 0.15) is 11.3 Å². The van der Waals surface area contributed by atoms with Gasteiger partial charge in [0.2, 0.25) is 0 Å². The smallest absolute Gasteiger partial charge is 0.127 e. The number of hydrogen-bond acceptors (Lipinski definition) is 3. The van der Waals surface area contributed by atoms with Crippen LogP contribution in [0.3, 0.4) is 0 Å². The molecule has 0 unspecified atom stereocenters. The zero-order chi connectivity index (χ0) is 18.6. The summed E-state index contributed by atoms with van der Waals surface area (Å²) in [6.45, 7) is 1.38. The van der Waals surface area contributed by atoms with Crippen LogP contribution in [0.5, 0.6) is 5.75 Å². The molecule has 3 aromatic carbocycles. The van der Waals surface area contributed by atoms with Gasteiger partial charge >= 0.3 is 0 Å². The summed E-state index contributed by atoms with van der Waals surface area (Å²) in [7, 11) is 4.12. The average Bonchev–Trinajstić information content (AvgIpc) is 3.09. The van der Waals surface area contributed by atoms with Crippen LogP contribution in [0.25, 0.3) is 22.0 Å². The molecule has 0 spiro atoms. The summed E-state index contributed by atoms with van der Waals surface area (Å²) in [4.78, 5) is 2.14. The second-order valence-corrected chi connectivity index (χ2v) is 6.94. The number of aromatic amines is 1. The van der Waals surface area contributed by atoms with E-state index in [-0.39, 0.29) is 0 Å². The van der Waals surface area contributed by atoms with Crippen LogP contribution < -0.4 is 4.74 Å². The third-order valence-corrected chi connectivity index (χ3v) is 4.54. The molecular formula is C23H23N3O. The number of rotatable bonds is 6. The molecule has 0 saturated carbocycles. The van der Waals surface area contributed by atoms with Crippen molar-refractivity contribution in [1.29, 1.82) is 0 Å². The third kappa shape index (κ3) is 3.86. The van der Waals surface area contributed by atoms with E-state index in [0.29, 0.717) is 6.61 Å². The predicted molar refractivity (Wildman–Crippen MR) is 110 cm³/mol. The molecule has 4 nitrogen and oxygen atoms in total. The largest absolute Gasteiger partial charge is 0.488 e. The molecule has 0 fully saturated rings. The minimum atomic E-state index is 0.553. The minimum absolute atomic E-state index is 0.553. The minimum Gasteiger partial charge on any atom is -0.488 e. The van der Waals surface area contributed by atoms with Crippen molar-refractivity contribution in [1.82, 2.24) is 15.1 Å². The van der Waals surface area contributed by atoms with Crippen LogP contribution in [0, 0.1) is 0 Å². The maximum Gasteiger partial charge on any atom is 0.127 e. The first kappa shape index (κ1) is 17.3. The summed E-state index contributed by atoms with van der Waals surface area (Å²) in [6.07, 6.45) is 0. The Morgan fingerprint density at radius 3 is 2.52 bits per heavy atom. The maximum absolute atomic E-state index is 6.13. The highest BCUT2D eigenvalue weighted by Gasteiger charge is 2.11. The van der Waals surface area contributed by atoms with E-state index in [9.17, 15) is 0 Å². The molecule has 1 aromatic heterocycles. The highest BCUT2D eigenvalue weighted by Crippen LogP contribution is 2.33. The number of nitrogens with one attached hydrogen (secondary N) is 1. The normalized spacial score (nSPS) is 11.2. The van der Waals surface area contributed by atoms with Crippen molar-refractivity contribution >= 4 is 10.9 Å². The Hall–Kier alpha value is -3.11. The molecule has 0 saturated heterocycles. The van der Waals surface area contributed by atoms with E-state index in [1.807, 2.05) is 36.4 Å². The molecule has 136 valence electrons. The van der Waals surface area contributed by atoms with Crippen LogP contribution >= 0.6 is 0 Å². The van der Waals surface area contributed by atoms with E-state index in [4.69, 9.17) is 4.74 Å². The van der Waals surface area contributed by atoms with Gasteiger partial charge in [0.25, 0.3) is 0 Å². The van der Waals surface area contributed by atoms with E-state index in [2.05, 4.69) is 65.6 Å². The molecule has 0 bridgehead atoms. The number of aromatic nitrogens is 2. The maximum atomic E-state index is 6.13. The average molecular weight is 357 g/mol. The molecule has 0 aliphatic carbocycles. The Morgan fingerprint density at radius 1 is 0.926 bits per heavy atom. The molecular weight excluding hydrogens is 334 g/mol. The van der Waals surface area contributed by atoms with Gasteiger partial charge in [-0.3, -0.25) is 5.10 Å². The van der Waals surface area contributed by atoms with E-state index in [0.717, 1.165) is 45.6 Å². The van der Waals surface area contributed by atoms with Gasteiger partial charge in [-0.15, -0.1) is 0 Å². The number of hydrogen-bond donors (Lipinski definition) is 1. The van der Waals surface area contributed by atoms with Gasteiger partial charge in [-0.1, -0.05) is 54.6 Å². The first-order valence-corrected chi connectivity index (χ1v) is 9.08. The number of nitrogens with zero attached hydrogens (tertiary/aromatic N) is 2. The van der Waals surface area contributed by atoms with E-state index in [1.54, 1.807) is 0 Å². The van der Waals surface area contributed by atoms with Crippen molar-refractivity contribution in [3.63, 3.8) is 0 Å². The summed E-state index contributed by atoms with van der Waals surface area (Å²) in [5.41, 5.74) is 5.49. The number of para-hydroxylation sites is 1. The fourth-order valence-corrected chi connectivity index (χ4v) is 3.23. The monoisotopic (exact) mass is 357 g/mol. The Balaban J connectivity index is 1.67. The molecule has 4 rings (SSSR count). The number of fused-ring (bicyclic) bond motifs is 1. The van der Waals surface area contributed by atoms with Crippen LogP contribution in [0.4, 0.5) is 0 Å². The van der Waals surface area contributed by atoms with Gasteiger partial charge in [0.1, 0.15) is 12.4 Å². The van der Waals surface area contributed by atoms with Gasteiger partial charge in [-0.2, -0.15) is 5.10 Å². The number of benzene rings is 3. The summed E-state index contributed by atoms with van der Waals surface area (Å²) in [5.74, 6) is 0.887. The zero-order valence-corrected chi connectivity index (χ0v) is 15.6. The van der Waals surface area contributed by atoms with Crippen molar-refractivity contribution in [3.05, 3.63) is 84.1 Å². The quantitative estimate of drug-likeness (QED) is 0.535. The molecule has 4 aromatic rings. The Kier molecular flexibility index (Phi) is 4.90. The third-order valence-electron chi connectivity index (χ3n) is 4.54. The fraction of sp³-hybridized carbons (Fsp3) is 0.174. The van der Waals surface area contributed by atoms with Crippen molar-refractivity contribution in [3.8, 4) is 16.9 Å². The van der Waals surface area contributed by atoms with Crippen LogP contribution in [-0.4, -0.2) is 29.2 Å². The summed E-state index contributed by atoms with van der Waals surface area (Å²) in [5, 5.41) is 8.74. The van der Waals surface area contributed by atoms with Crippen LogP contribution in [0.15, 0.2) is 72.8 Å². The molecule has 1 N–H and O–H groups in total. The number of ether oxygens (including phenoxy) is 1. The molecule has 0 aliphatic heterocycles. The van der Waals surface area contributed by atoms with Gasteiger partial charge in [-0.25, -0.2) is 0 Å².